The highest BCUT2D eigenvalue weighted by Crippen LogP contribution is 2.23. The summed E-state index contributed by atoms with van der Waals surface area (Å²) in [4.78, 5) is 0. The Balaban J connectivity index is 1.84. The van der Waals surface area contributed by atoms with Crippen LogP contribution in [-0.4, -0.2) is 64.7 Å². The summed E-state index contributed by atoms with van der Waals surface area (Å²) in [6.07, 6.45) is -3.52. The maximum atomic E-state index is 10.1. The van der Waals surface area contributed by atoms with E-state index in [1.54, 1.807) is 7.11 Å². The Morgan fingerprint density at radius 3 is 2.68 bits per heavy atom. The molecule has 22 heavy (non-hydrogen) atoms. The van der Waals surface area contributed by atoms with Crippen molar-refractivity contribution in [3.05, 3.63) is 29.8 Å². The molecule has 4 N–H and O–H groups in total. The minimum absolute atomic E-state index is 0.0396. The summed E-state index contributed by atoms with van der Waals surface area (Å²) in [6, 6.07) is 7.61. The molecular weight excluding hydrogens is 288 g/mol. The van der Waals surface area contributed by atoms with E-state index in [-0.39, 0.29) is 13.0 Å². The van der Waals surface area contributed by atoms with Crippen LogP contribution in [0.3, 0.4) is 0 Å². The smallest absolute Gasteiger partial charge is 0.122 e. The third-order valence-electron chi connectivity index (χ3n) is 4.05. The lowest BCUT2D eigenvalue weighted by Crippen LogP contribution is -2.53. The second kappa shape index (κ2) is 7.89. The van der Waals surface area contributed by atoms with Crippen LogP contribution < -0.4 is 4.74 Å². The molecule has 0 spiro atoms. The number of benzene rings is 1. The third-order valence-corrected chi connectivity index (χ3v) is 4.05. The average Bonchev–Trinajstić information content (AvgIpc) is 2.53. The number of ether oxygens (including phenoxy) is 2. The predicted molar refractivity (Wildman–Crippen MR) is 79.7 cm³/mol. The van der Waals surface area contributed by atoms with Crippen molar-refractivity contribution in [3.8, 4) is 5.75 Å². The zero-order chi connectivity index (χ0) is 16.1. The predicted octanol–water partition coefficient (Wildman–Crippen LogP) is -0.140. The van der Waals surface area contributed by atoms with E-state index >= 15 is 0 Å². The first kappa shape index (κ1) is 17.2. The van der Waals surface area contributed by atoms with Crippen LogP contribution in [0.25, 0.3) is 0 Å². The van der Waals surface area contributed by atoms with Crippen molar-refractivity contribution in [2.75, 3.05) is 13.7 Å². The molecule has 0 saturated carbocycles. The summed E-state index contributed by atoms with van der Waals surface area (Å²) in [7, 11) is 1.61. The molecule has 0 aliphatic carbocycles. The van der Waals surface area contributed by atoms with E-state index in [0.29, 0.717) is 12.8 Å². The van der Waals surface area contributed by atoms with Gasteiger partial charge in [0.25, 0.3) is 0 Å². The number of rotatable bonds is 6. The molecule has 1 saturated heterocycles. The van der Waals surface area contributed by atoms with Crippen molar-refractivity contribution in [2.24, 2.45) is 0 Å². The van der Waals surface area contributed by atoms with Gasteiger partial charge in [-0.15, -0.1) is 0 Å². The number of aliphatic hydroxyl groups is 4. The van der Waals surface area contributed by atoms with Crippen molar-refractivity contribution >= 4 is 0 Å². The quantitative estimate of drug-likeness (QED) is 0.583. The molecule has 1 heterocycles. The second-order valence-corrected chi connectivity index (χ2v) is 5.66. The fraction of sp³-hybridized carbons (Fsp3) is 0.625. The number of aliphatic hydroxyl groups excluding tert-OH is 4. The molecule has 1 aliphatic rings. The molecule has 0 radical (unpaired) electrons. The van der Waals surface area contributed by atoms with Crippen LogP contribution in [0.15, 0.2) is 24.3 Å². The van der Waals surface area contributed by atoms with Gasteiger partial charge in [-0.3, -0.25) is 0 Å². The van der Waals surface area contributed by atoms with Crippen LogP contribution >= 0.6 is 0 Å². The summed E-state index contributed by atoms with van der Waals surface area (Å²) >= 11 is 0. The topological polar surface area (TPSA) is 99.4 Å². The second-order valence-electron chi connectivity index (χ2n) is 5.66. The standard InChI is InChI=1S/C16H24O6/c1-21-13-5-3-2-4-10(13)6-7-11(17)8-14-16(20)15(19)12(18)9-22-14/h2-5,11-12,14-20H,6-9H2,1H3/t11-,12-,14+,15+,16+/m1/s1. The minimum Gasteiger partial charge on any atom is -0.496 e. The molecule has 0 aromatic heterocycles. The molecule has 6 nitrogen and oxygen atoms in total. The lowest BCUT2D eigenvalue weighted by Gasteiger charge is -2.36. The maximum absolute atomic E-state index is 10.1. The van der Waals surface area contributed by atoms with Gasteiger partial charge in [0, 0.05) is 6.42 Å². The van der Waals surface area contributed by atoms with Gasteiger partial charge < -0.3 is 29.9 Å². The number of methoxy groups -OCH3 is 1. The van der Waals surface area contributed by atoms with E-state index in [4.69, 9.17) is 9.47 Å². The number of aryl methyl sites for hydroxylation is 1. The lowest BCUT2D eigenvalue weighted by molar-refractivity contribution is -0.193. The van der Waals surface area contributed by atoms with E-state index in [2.05, 4.69) is 0 Å². The van der Waals surface area contributed by atoms with Gasteiger partial charge in [0.15, 0.2) is 0 Å². The van der Waals surface area contributed by atoms with Gasteiger partial charge in [-0.05, 0) is 24.5 Å². The van der Waals surface area contributed by atoms with E-state index in [1.807, 2.05) is 24.3 Å². The Bertz CT molecular complexity index is 466. The molecule has 1 aromatic carbocycles. The highest BCUT2D eigenvalue weighted by Gasteiger charge is 2.38. The van der Waals surface area contributed by atoms with Crippen molar-refractivity contribution < 1.29 is 29.9 Å². The molecule has 124 valence electrons. The SMILES string of the molecule is COc1ccccc1CC[C@@H](O)C[C@@H]1OC[C@@H](O)[C@H](O)[C@H]1O. The fourth-order valence-electron chi connectivity index (χ4n) is 2.69. The normalized spacial score (nSPS) is 30.0. The Kier molecular flexibility index (Phi) is 6.16. The van der Waals surface area contributed by atoms with Gasteiger partial charge in [-0.25, -0.2) is 0 Å². The van der Waals surface area contributed by atoms with E-state index in [1.165, 1.54) is 0 Å². The maximum Gasteiger partial charge on any atom is 0.122 e. The molecule has 2 rings (SSSR count). The number of hydrogen-bond acceptors (Lipinski definition) is 6. The van der Waals surface area contributed by atoms with Gasteiger partial charge in [0.1, 0.15) is 24.1 Å². The average molecular weight is 312 g/mol. The molecule has 0 unspecified atom stereocenters. The summed E-state index contributed by atoms with van der Waals surface area (Å²) in [5.41, 5.74) is 1.00. The Labute approximate surface area is 129 Å². The van der Waals surface area contributed by atoms with Crippen molar-refractivity contribution in [1.82, 2.24) is 0 Å². The summed E-state index contributed by atoms with van der Waals surface area (Å²) < 4.78 is 10.6. The van der Waals surface area contributed by atoms with E-state index < -0.39 is 30.5 Å². The molecule has 1 aromatic rings. The zero-order valence-electron chi connectivity index (χ0n) is 12.6. The Morgan fingerprint density at radius 2 is 1.95 bits per heavy atom. The van der Waals surface area contributed by atoms with Crippen molar-refractivity contribution in [3.63, 3.8) is 0 Å². The first-order chi connectivity index (χ1) is 10.5. The van der Waals surface area contributed by atoms with Crippen LogP contribution in [0.5, 0.6) is 5.75 Å². The highest BCUT2D eigenvalue weighted by molar-refractivity contribution is 5.33. The fourth-order valence-corrected chi connectivity index (χ4v) is 2.69. The molecular formula is C16H24O6. The van der Waals surface area contributed by atoms with E-state index in [0.717, 1.165) is 11.3 Å². The highest BCUT2D eigenvalue weighted by atomic mass is 16.5. The molecule has 1 fully saturated rings. The minimum atomic E-state index is -1.24. The zero-order valence-corrected chi connectivity index (χ0v) is 12.6. The molecule has 0 bridgehead atoms. The third kappa shape index (κ3) is 4.18. The molecule has 6 heteroatoms. The first-order valence-corrected chi connectivity index (χ1v) is 7.48. The van der Waals surface area contributed by atoms with Gasteiger partial charge in [-0.2, -0.15) is 0 Å². The number of para-hydroxylation sites is 1. The van der Waals surface area contributed by atoms with Crippen LogP contribution in [0.1, 0.15) is 18.4 Å². The van der Waals surface area contributed by atoms with Gasteiger partial charge in [0.05, 0.1) is 25.9 Å². The van der Waals surface area contributed by atoms with Gasteiger partial charge >= 0.3 is 0 Å². The molecule has 5 atom stereocenters. The lowest BCUT2D eigenvalue weighted by atomic mass is 9.94. The monoisotopic (exact) mass is 312 g/mol. The molecule has 1 aliphatic heterocycles. The number of hydrogen-bond donors (Lipinski definition) is 4. The van der Waals surface area contributed by atoms with Crippen LogP contribution in [0, 0.1) is 0 Å². The van der Waals surface area contributed by atoms with Crippen molar-refractivity contribution in [2.45, 2.75) is 49.8 Å². The van der Waals surface area contributed by atoms with Crippen LogP contribution in [0.4, 0.5) is 0 Å². The van der Waals surface area contributed by atoms with E-state index in [9.17, 15) is 20.4 Å². The summed E-state index contributed by atoms with van der Waals surface area (Å²) in [5.74, 6) is 0.780. The van der Waals surface area contributed by atoms with Gasteiger partial charge in [0.2, 0.25) is 0 Å². The summed E-state index contributed by atoms with van der Waals surface area (Å²) in [6.45, 7) is -0.0396. The molecule has 0 amide bonds. The van der Waals surface area contributed by atoms with Crippen LogP contribution in [0.2, 0.25) is 0 Å². The van der Waals surface area contributed by atoms with Gasteiger partial charge in [-0.1, -0.05) is 18.2 Å². The summed E-state index contributed by atoms with van der Waals surface area (Å²) in [5, 5.41) is 39.0. The Hall–Kier alpha value is -1.18. The van der Waals surface area contributed by atoms with Crippen LogP contribution in [-0.2, 0) is 11.2 Å². The first-order valence-electron chi connectivity index (χ1n) is 7.48. The van der Waals surface area contributed by atoms with Crippen molar-refractivity contribution in [1.29, 1.82) is 0 Å². The largest absolute Gasteiger partial charge is 0.496 e. The Morgan fingerprint density at radius 1 is 1.23 bits per heavy atom.